The molecule has 2 aliphatic heterocycles. The third-order valence-electron chi connectivity index (χ3n) is 6.72. The first-order chi connectivity index (χ1) is 19.0. The van der Waals surface area contributed by atoms with Crippen LogP contribution in [0.3, 0.4) is 0 Å². The van der Waals surface area contributed by atoms with Crippen LogP contribution in [0.2, 0.25) is 5.02 Å². The molecule has 5 rings (SSSR count). The van der Waals surface area contributed by atoms with Gasteiger partial charge in [-0.3, -0.25) is 9.36 Å². The zero-order valence-electron chi connectivity index (χ0n) is 20.5. The molecule has 14 heteroatoms. The van der Waals surface area contributed by atoms with Crippen LogP contribution in [-0.2, 0) is 11.3 Å². The largest absolute Gasteiger partial charge is 0.409 e. The number of thioether (sulfide) groups is 1. The number of benzene rings is 2. The van der Waals surface area contributed by atoms with E-state index in [9.17, 15) is 36.8 Å². The van der Waals surface area contributed by atoms with Crippen LogP contribution in [0.5, 0.6) is 0 Å². The number of carbonyl (C=O) groups is 1. The number of hydrogen-bond donors (Lipinski definition) is 0. The van der Waals surface area contributed by atoms with Gasteiger partial charge in [0.1, 0.15) is 17.5 Å². The summed E-state index contributed by atoms with van der Waals surface area (Å²) in [6.07, 6.45) is -4.54. The Labute approximate surface area is 233 Å². The zero-order chi connectivity index (χ0) is 28.8. The van der Waals surface area contributed by atoms with E-state index in [1.807, 2.05) is 6.07 Å². The molecule has 0 N–H and O–H groups in total. The molecule has 1 atom stereocenters. The van der Waals surface area contributed by atoms with Crippen molar-refractivity contribution in [2.75, 3.05) is 30.3 Å². The van der Waals surface area contributed by atoms with E-state index in [0.717, 1.165) is 12.1 Å². The number of allylic oxidation sites excluding steroid dienone is 1. The predicted octanol–water partition coefficient (Wildman–Crippen LogP) is 5.15. The lowest BCUT2D eigenvalue weighted by Gasteiger charge is -2.41. The Morgan fingerprint density at radius 3 is 2.70 bits per heavy atom. The van der Waals surface area contributed by atoms with Crippen LogP contribution in [-0.4, -0.2) is 58.0 Å². The molecule has 1 aromatic heterocycles. The van der Waals surface area contributed by atoms with Gasteiger partial charge in [-0.05, 0) is 18.2 Å². The summed E-state index contributed by atoms with van der Waals surface area (Å²) in [6.45, 7) is 0.457. The first-order valence-electron chi connectivity index (χ1n) is 12.0. The summed E-state index contributed by atoms with van der Waals surface area (Å²) in [5, 5.41) is 9.95. The summed E-state index contributed by atoms with van der Waals surface area (Å²) in [5.41, 5.74) is 0.289. The van der Waals surface area contributed by atoms with Crippen LogP contribution in [0.15, 0.2) is 46.1 Å². The second kappa shape index (κ2) is 10.7. The highest BCUT2D eigenvalue weighted by molar-refractivity contribution is 7.99. The third kappa shape index (κ3) is 5.25. The Morgan fingerprint density at radius 2 is 2.00 bits per heavy atom. The molecule has 0 radical (unpaired) electrons. The molecule has 0 aliphatic carbocycles. The number of rotatable bonds is 4. The van der Waals surface area contributed by atoms with E-state index >= 15 is 0 Å². The van der Waals surface area contributed by atoms with Gasteiger partial charge < -0.3 is 9.80 Å². The molecule has 2 aliphatic rings. The lowest BCUT2D eigenvalue weighted by Crippen LogP contribution is -2.55. The van der Waals surface area contributed by atoms with Crippen molar-refractivity contribution in [2.45, 2.75) is 30.1 Å². The van der Waals surface area contributed by atoms with Gasteiger partial charge in [0, 0.05) is 71.6 Å². The lowest BCUT2D eigenvalue weighted by molar-refractivity contribution is -0.129. The maximum Gasteiger partial charge on any atom is 0.409 e. The standard InChI is InChI=1S/C26H19ClF5N5O2S/c27-18-12-17-22-23(21(18)16-2-1-14(28)11-19(16)29)40-10-9-37(22)25(39)34-24(17)35-7-8-36(15(13-35)4-6-33)20(38)3-5-26(30,31)32/h1-3,5,11-12,15H,4,7-10,13H2/b5-3+/t15-/m0/s1. The highest BCUT2D eigenvalue weighted by atomic mass is 35.5. The molecular formula is C26H19ClF5N5O2S. The van der Waals surface area contributed by atoms with Gasteiger partial charge >= 0.3 is 11.9 Å². The monoisotopic (exact) mass is 595 g/mol. The van der Waals surface area contributed by atoms with Crippen molar-refractivity contribution in [3.05, 3.63) is 63.6 Å². The number of aryl methyl sites for hydroxylation is 1. The van der Waals surface area contributed by atoms with E-state index in [0.29, 0.717) is 39.7 Å². The number of alkyl halides is 3. The fourth-order valence-electron chi connectivity index (χ4n) is 5.01. The quantitative estimate of drug-likeness (QED) is 0.307. The Balaban J connectivity index is 1.60. The molecule has 2 aromatic carbocycles. The molecule has 208 valence electrons. The van der Waals surface area contributed by atoms with Crippen molar-refractivity contribution >= 4 is 46.0 Å². The van der Waals surface area contributed by atoms with Gasteiger partial charge in [0.05, 0.1) is 29.1 Å². The van der Waals surface area contributed by atoms with Crippen molar-refractivity contribution in [1.29, 1.82) is 5.26 Å². The van der Waals surface area contributed by atoms with Gasteiger partial charge in [-0.25, -0.2) is 13.6 Å². The average Bonchev–Trinajstić information content (AvgIpc) is 2.89. The molecule has 0 spiro atoms. The fourth-order valence-corrected chi connectivity index (χ4v) is 6.57. The van der Waals surface area contributed by atoms with E-state index in [2.05, 4.69) is 4.98 Å². The summed E-state index contributed by atoms with van der Waals surface area (Å²) in [7, 11) is 0. The predicted molar refractivity (Wildman–Crippen MR) is 140 cm³/mol. The molecule has 1 amide bonds. The molecule has 40 heavy (non-hydrogen) atoms. The number of nitriles is 1. The van der Waals surface area contributed by atoms with E-state index in [1.165, 1.54) is 27.3 Å². The van der Waals surface area contributed by atoms with Crippen LogP contribution >= 0.6 is 23.4 Å². The van der Waals surface area contributed by atoms with E-state index in [1.54, 1.807) is 11.0 Å². The number of nitrogens with zero attached hydrogens (tertiary/aromatic N) is 5. The topological polar surface area (TPSA) is 82.2 Å². The molecule has 1 fully saturated rings. The Bertz CT molecular complexity index is 1650. The Kier molecular flexibility index (Phi) is 7.50. The van der Waals surface area contributed by atoms with Crippen LogP contribution in [0, 0.1) is 23.0 Å². The first-order valence-corrected chi connectivity index (χ1v) is 13.4. The number of piperazine rings is 1. The number of amides is 1. The van der Waals surface area contributed by atoms with Gasteiger partial charge in [0.25, 0.3) is 0 Å². The number of aromatic nitrogens is 2. The van der Waals surface area contributed by atoms with Crippen molar-refractivity contribution in [3.63, 3.8) is 0 Å². The van der Waals surface area contributed by atoms with Crippen LogP contribution in [0.25, 0.3) is 22.0 Å². The van der Waals surface area contributed by atoms with Gasteiger partial charge in [-0.1, -0.05) is 11.6 Å². The van der Waals surface area contributed by atoms with Crippen LogP contribution < -0.4 is 10.6 Å². The molecular weight excluding hydrogens is 577 g/mol. The van der Waals surface area contributed by atoms with Crippen LogP contribution in [0.1, 0.15) is 6.42 Å². The van der Waals surface area contributed by atoms with E-state index in [-0.39, 0.29) is 48.5 Å². The van der Waals surface area contributed by atoms with Crippen molar-refractivity contribution < 1.29 is 26.7 Å². The summed E-state index contributed by atoms with van der Waals surface area (Å²) >= 11 is 8.04. The number of carbonyl (C=O) groups excluding carboxylic acids is 1. The van der Waals surface area contributed by atoms with E-state index in [4.69, 9.17) is 11.6 Å². The van der Waals surface area contributed by atoms with Crippen LogP contribution in [0.4, 0.5) is 27.8 Å². The van der Waals surface area contributed by atoms with Gasteiger partial charge in [0.2, 0.25) is 5.91 Å². The number of anilines is 1. The van der Waals surface area contributed by atoms with Crippen molar-refractivity contribution in [3.8, 4) is 17.2 Å². The van der Waals surface area contributed by atoms with E-state index < -0.39 is 35.4 Å². The first kappa shape index (κ1) is 27.9. The van der Waals surface area contributed by atoms with Gasteiger partial charge in [0.15, 0.2) is 0 Å². The summed E-state index contributed by atoms with van der Waals surface area (Å²) in [4.78, 5) is 33.3. The Hall–Kier alpha value is -3.63. The molecule has 0 bridgehead atoms. The maximum atomic E-state index is 14.8. The minimum absolute atomic E-state index is 0.0200. The second-order valence-corrected chi connectivity index (χ2v) is 10.7. The summed E-state index contributed by atoms with van der Waals surface area (Å²) < 4.78 is 67.7. The summed E-state index contributed by atoms with van der Waals surface area (Å²) in [6, 6.07) is 5.88. The van der Waals surface area contributed by atoms with Gasteiger partial charge in [-0.15, -0.1) is 11.8 Å². The van der Waals surface area contributed by atoms with Crippen molar-refractivity contribution in [1.82, 2.24) is 14.5 Å². The normalized spacial score (nSPS) is 17.5. The molecule has 3 aromatic rings. The average molecular weight is 596 g/mol. The maximum absolute atomic E-state index is 14.8. The van der Waals surface area contributed by atoms with Gasteiger partial charge in [-0.2, -0.15) is 23.4 Å². The molecule has 7 nitrogen and oxygen atoms in total. The smallest absolute Gasteiger partial charge is 0.352 e. The summed E-state index contributed by atoms with van der Waals surface area (Å²) in [5.74, 6) is -1.73. The fraction of sp³-hybridized carbons (Fsp3) is 0.308. The minimum Gasteiger partial charge on any atom is -0.352 e. The molecule has 0 unspecified atom stereocenters. The minimum atomic E-state index is -4.66. The highest BCUT2D eigenvalue weighted by Crippen LogP contribution is 2.46. The number of hydrogen-bond acceptors (Lipinski definition) is 6. The molecule has 3 heterocycles. The number of halogens is 6. The third-order valence-corrected chi connectivity index (χ3v) is 8.09. The Morgan fingerprint density at radius 1 is 1.23 bits per heavy atom. The molecule has 1 saturated heterocycles. The zero-order valence-corrected chi connectivity index (χ0v) is 22.1. The second-order valence-electron chi connectivity index (χ2n) is 9.17. The molecule has 0 saturated carbocycles. The highest BCUT2D eigenvalue weighted by Gasteiger charge is 2.33. The lowest BCUT2D eigenvalue weighted by atomic mass is 10.0. The SMILES string of the molecule is N#CC[C@H]1CN(c2nc(=O)n3c4c(c(-c5ccc(F)cc5F)c(Cl)cc24)SCC3)CCN1C(=O)/C=C/C(F)(F)F. The van der Waals surface area contributed by atoms with Crippen molar-refractivity contribution in [2.24, 2.45) is 0 Å².